The predicted molar refractivity (Wildman–Crippen MR) is 85.7 cm³/mol. The molecule has 2 aliphatic heterocycles. The first-order chi connectivity index (χ1) is 11.1. The molecule has 1 aromatic heterocycles. The van der Waals surface area contributed by atoms with Gasteiger partial charge in [-0.05, 0) is 32.3 Å². The largest absolute Gasteiger partial charge is 0.381 e. The number of pyridine rings is 1. The first-order valence-corrected chi connectivity index (χ1v) is 8.19. The summed E-state index contributed by atoms with van der Waals surface area (Å²) in [7, 11) is 0. The summed E-state index contributed by atoms with van der Waals surface area (Å²) in [6, 6.07) is 1.80. The van der Waals surface area contributed by atoms with Gasteiger partial charge in [-0.3, -0.25) is 10.1 Å². The average Bonchev–Trinajstić information content (AvgIpc) is 3.06. The summed E-state index contributed by atoms with van der Waals surface area (Å²) in [4.78, 5) is 16.9. The highest BCUT2D eigenvalue weighted by molar-refractivity contribution is 5.48. The highest BCUT2D eigenvalue weighted by Gasteiger charge is 2.24. The number of hydrogen-bond donors (Lipinski definition) is 0. The van der Waals surface area contributed by atoms with Gasteiger partial charge in [0.25, 0.3) is 5.69 Å². The van der Waals surface area contributed by atoms with E-state index in [4.69, 9.17) is 9.47 Å². The van der Waals surface area contributed by atoms with Gasteiger partial charge in [0.1, 0.15) is 12.0 Å². The van der Waals surface area contributed by atoms with E-state index in [0.29, 0.717) is 17.6 Å². The van der Waals surface area contributed by atoms with Crippen molar-refractivity contribution in [1.29, 1.82) is 0 Å². The van der Waals surface area contributed by atoms with Crippen molar-refractivity contribution in [2.45, 2.75) is 32.3 Å². The van der Waals surface area contributed by atoms with Crippen molar-refractivity contribution < 1.29 is 14.4 Å². The summed E-state index contributed by atoms with van der Waals surface area (Å²) in [5, 5.41) is 10.9. The van der Waals surface area contributed by atoms with Crippen molar-refractivity contribution in [1.82, 2.24) is 4.98 Å². The molecule has 7 heteroatoms. The molecule has 0 aliphatic carbocycles. The van der Waals surface area contributed by atoms with Crippen molar-refractivity contribution in [2.75, 3.05) is 37.8 Å². The molecule has 0 bridgehead atoms. The molecule has 7 nitrogen and oxygen atoms in total. The number of aryl methyl sites for hydroxylation is 1. The second-order valence-corrected chi connectivity index (χ2v) is 6.34. The molecule has 0 saturated carbocycles. The van der Waals surface area contributed by atoms with Gasteiger partial charge < -0.3 is 14.4 Å². The minimum absolute atomic E-state index is 0.0748. The van der Waals surface area contributed by atoms with Crippen LogP contribution in [-0.4, -0.2) is 48.9 Å². The molecule has 3 heterocycles. The van der Waals surface area contributed by atoms with Crippen LogP contribution in [0.1, 0.15) is 24.8 Å². The van der Waals surface area contributed by atoms with E-state index in [1.807, 2.05) is 0 Å². The Hall–Kier alpha value is -1.73. The minimum Gasteiger partial charge on any atom is -0.381 e. The lowest BCUT2D eigenvalue weighted by atomic mass is 10.1. The Labute approximate surface area is 135 Å². The second-order valence-electron chi connectivity index (χ2n) is 6.34. The summed E-state index contributed by atoms with van der Waals surface area (Å²) in [6.07, 6.45) is 4.68. The predicted octanol–water partition coefficient (Wildman–Crippen LogP) is 2.32. The summed E-state index contributed by atoms with van der Waals surface area (Å²) >= 11 is 0. The van der Waals surface area contributed by atoms with Crippen LogP contribution in [-0.2, 0) is 9.47 Å². The van der Waals surface area contributed by atoms with Crippen LogP contribution >= 0.6 is 0 Å². The third kappa shape index (κ3) is 3.97. The van der Waals surface area contributed by atoms with Gasteiger partial charge >= 0.3 is 0 Å². The molecule has 2 fully saturated rings. The Morgan fingerprint density at radius 1 is 1.43 bits per heavy atom. The molecule has 126 valence electrons. The average molecular weight is 321 g/mol. The van der Waals surface area contributed by atoms with Gasteiger partial charge in [-0.15, -0.1) is 0 Å². The van der Waals surface area contributed by atoms with Gasteiger partial charge in [-0.1, -0.05) is 0 Å². The van der Waals surface area contributed by atoms with Crippen LogP contribution in [0.3, 0.4) is 0 Å². The highest BCUT2D eigenvalue weighted by atomic mass is 16.6. The van der Waals surface area contributed by atoms with Crippen LogP contribution in [0.15, 0.2) is 12.3 Å². The zero-order valence-electron chi connectivity index (χ0n) is 13.4. The molecular formula is C16H23N3O4. The molecule has 2 saturated heterocycles. The van der Waals surface area contributed by atoms with Crippen LogP contribution < -0.4 is 4.90 Å². The molecule has 2 aliphatic rings. The van der Waals surface area contributed by atoms with E-state index < -0.39 is 0 Å². The molecule has 1 aromatic rings. The Morgan fingerprint density at radius 3 is 2.83 bits per heavy atom. The smallest absolute Gasteiger partial charge is 0.290 e. The molecule has 0 radical (unpaired) electrons. The summed E-state index contributed by atoms with van der Waals surface area (Å²) < 4.78 is 11.4. The molecule has 1 atom stereocenters. The molecule has 0 N–H and O–H groups in total. The maximum atomic E-state index is 10.9. The standard InChI is InChI=1S/C16H23N3O4/c1-12-8-16(17-9-15(12)19(20)21)18-5-2-14(3-6-18)23-11-13-4-7-22-10-13/h8-9,13-14H,2-7,10-11H2,1H3. The summed E-state index contributed by atoms with van der Waals surface area (Å²) in [5.41, 5.74) is 0.727. The van der Waals surface area contributed by atoms with E-state index in [-0.39, 0.29) is 10.6 Å². The number of aromatic nitrogens is 1. The van der Waals surface area contributed by atoms with Crippen molar-refractivity contribution in [2.24, 2.45) is 5.92 Å². The highest BCUT2D eigenvalue weighted by Crippen LogP contribution is 2.25. The van der Waals surface area contributed by atoms with Gasteiger partial charge in [-0.25, -0.2) is 4.98 Å². The Balaban J connectivity index is 1.50. The molecule has 0 spiro atoms. The number of anilines is 1. The lowest BCUT2D eigenvalue weighted by Crippen LogP contribution is -2.38. The summed E-state index contributed by atoms with van der Waals surface area (Å²) in [6.45, 7) is 5.97. The zero-order valence-corrected chi connectivity index (χ0v) is 13.4. The van der Waals surface area contributed by atoms with Crippen LogP contribution in [0.4, 0.5) is 11.5 Å². The van der Waals surface area contributed by atoms with Crippen molar-refractivity contribution in [3.63, 3.8) is 0 Å². The van der Waals surface area contributed by atoms with Gasteiger partial charge in [0.05, 0.1) is 24.2 Å². The molecule has 0 amide bonds. The molecule has 3 rings (SSSR count). The van der Waals surface area contributed by atoms with Crippen molar-refractivity contribution in [3.05, 3.63) is 27.9 Å². The molecule has 1 unspecified atom stereocenters. The van der Waals surface area contributed by atoms with Gasteiger partial charge in [-0.2, -0.15) is 0 Å². The first-order valence-electron chi connectivity index (χ1n) is 8.19. The van der Waals surface area contributed by atoms with Gasteiger partial charge in [0.15, 0.2) is 0 Å². The minimum atomic E-state index is -0.390. The Morgan fingerprint density at radius 2 is 2.22 bits per heavy atom. The Kier molecular flexibility index (Phi) is 5.07. The monoisotopic (exact) mass is 321 g/mol. The number of rotatable bonds is 5. The van der Waals surface area contributed by atoms with E-state index in [2.05, 4.69) is 9.88 Å². The maximum Gasteiger partial charge on any atom is 0.290 e. The fourth-order valence-electron chi connectivity index (χ4n) is 3.14. The normalized spacial score (nSPS) is 22.5. The quantitative estimate of drug-likeness (QED) is 0.612. The molecule has 0 aromatic carbocycles. The fourth-order valence-corrected chi connectivity index (χ4v) is 3.14. The zero-order chi connectivity index (χ0) is 16.2. The number of nitro groups is 1. The van der Waals surface area contributed by atoms with E-state index in [1.54, 1.807) is 13.0 Å². The van der Waals surface area contributed by atoms with Crippen LogP contribution in [0.5, 0.6) is 0 Å². The maximum absolute atomic E-state index is 10.9. The molecule has 23 heavy (non-hydrogen) atoms. The van der Waals surface area contributed by atoms with E-state index in [9.17, 15) is 10.1 Å². The third-order valence-electron chi connectivity index (χ3n) is 4.62. The topological polar surface area (TPSA) is 77.7 Å². The molecular weight excluding hydrogens is 298 g/mol. The van der Waals surface area contributed by atoms with Crippen molar-refractivity contribution >= 4 is 11.5 Å². The first kappa shape index (κ1) is 16.1. The van der Waals surface area contributed by atoms with Crippen molar-refractivity contribution in [3.8, 4) is 0 Å². The van der Waals surface area contributed by atoms with Crippen LogP contribution in [0.25, 0.3) is 0 Å². The SMILES string of the molecule is Cc1cc(N2CCC(OCC3CCOC3)CC2)ncc1[N+](=O)[O-]. The number of nitrogens with zero attached hydrogens (tertiary/aromatic N) is 3. The van der Waals surface area contributed by atoms with Crippen LogP contribution in [0.2, 0.25) is 0 Å². The van der Waals surface area contributed by atoms with Crippen LogP contribution in [0, 0.1) is 23.0 Å². The number of hydrogen-bond acceptors (Lipinski definition) is 6. The van der Waals surface area contributed by atoms with Gasteiger partial charge in [0, 0.05) is 31.2 Å². The Bertz CT molecular complexity index is 552. The third-order valence-corrected chi connectivity index (χ3v) is 4.62. The lowest BCUT2D eigenvalue weighted by Gasteiger charge is -2.33. The fraction of sp³-hybridized carbons (Fsp3) is 0.688. The number of piperidine rings is 1. The lowest BCUT2D eigenvalue weighted by molar-refractivity contribution is -0.385. The second kappa shape index (κ2) is 7.23. The van der Waals surface area contributed by atoms with Gasteiger partial charge in [0.2, 0.25) is 0 Å². The van der Waals surface area contributed by atoms with E-state index in [0.717, 1.165) is 58.0 Å². The van der Waals surface area contributed by atoms with E-state index >= 15 is 0 Å². The summed E-state index contributed by atoms with van der Waals surface area (Å²) in [5.74, 6) is 1.36. The van der Waals surface area contributed by atoms with E-state index in [1.165, 1.54) is 6.20 Å². The number of ether oxygens (including phenoxy) is 2.